The Hall–Kier alpha value is -2.70. The van der Waals surface area contributed by atoms with E-state index in [-0.39, 0.29) is 5.69 Å². The summed E-state index contributed by atoms with van der Waals surface area (Å²) < 4.78 is 13.2. The number of benzene rings is 2. The summed E-state index contributed by atoms with van der Waals surface area (Å²) in [6.07, 6.45) is 1.25. The third-order valence-corrected chi connectivity index (χ3v) is 3.55. The SMILES string of the molecule is O=C(Nc1cccc(F)c1)c1cc(Nc2cc(Cl)cc(Cl)c2)ncn1. The van der Waals surface area contributed by atoms with Gasteiger partial charge in [-0.25, -0.2) is 14.4 Å². The van der Waals surface area contributed by atoms with Crippen LogP contribution < -0.4 is 10.6 Å². The van der Waals surface area contributed by atoms with Crippen molar-refractivity contribution in [2.75, 3.05) is 10.6 Å². The van der Waals surface area contributed by atoms with Crippen LogP contribution in [0.2, 0.25) is 10.0 Å². The number of anilines is 3. The average molecular weight is 377 g/mol. The van der Waals surface area contributed by atoms with Crippen LogP contribution in [0.15, 0.2) is 54.9 Å². The highest BCUT2D eigenvalue weighted by atomic mass is 35.5. The predicted molar refractivity (Wildman–Crippen MR) is 96.1 cm³/mol. The zero-order valence-corrected chi connectivity index (χ0v) is 14.1. The minimum atomic E-state index is -0.486. The van der Waals surface area contributed by atoms with Crippen molar-refractivity contribution < 1.29 is 9.18 Å². The van der Waals surface area contributed by atoms with E-state index in [0.717, 1.165) is 0 Å². The molecule has 1 aromatic heterocycles. The molecule has 5 nitrogen and oxygen atoms in total. The number of carbonyl (C=O) groups is 1. The number of amides is 1. The minimum Gasteiger partial charge on any atom is -0.340 e. The van der Waals surface area contributed by atoms with E-state index in [9.17, 15) is 9.18 Å². The van der Waals surface area contributed by atoms with Crippen LogP contribution in [0.25, 0.3) is 0 Å². The molecule has 25 heavy (non-hydrogen) atoms. The molecule has 3 aromatic rings. The Kier molecular flexibility index (Phi) is 5.11. The molecule has 2 aromatic carbocycles. The highest BCUT2D eigenvalue weighted by Crippen LogP contribution is 2.24. The van der Waals surface area contributed by atoms with Gasteiger partial charge in [-0.1, -0.05) is 29.3 Å². The van der Waals surface area contributed by atoms with Crippen LogP contribution in [0.4, 0.5) is 21.6 Å². The van der Waals surface area contributed by atoms with E-state index in [1.165, 1.54) is 30.6 Å². The number of rotatable bonds is 4. The largest absolute Gasteiger partial charge is 0.340 e. The average Bonchev–Trinajstić information content (AvgIpc) is 2.54. The Balaban J connectivity index is 1.77. The molecule has 0 fully saturated rings. The van der Waals surface area contributed by atoms with E-state index in [1.807, 2.05) is 0 Å². The van der Waals surface area contributed by atoms with Gasteiger partial charge in [0.1, 0.15) is 23.7 Å². The van der Waals surface area contributed by atoms with Gasteiger partial charge in [0.05, 0.1) is 0 Å². The van der Waals surface area contributed by atoms with Gasteiger partial charge in [-0.2, -0.15) is 0 Å². The van der Waals surface area contributed by atoms with Gasteiger partial charge in [0.15, 0.2) is 0 Å². The molecule has 8 heteroatoms. The van der Waals surface area contributed by atoms with Gasteiger partial charge < -0.3 is 10.6 Å². The number of carbonyl (C=O) groups excluding carboxylic acids is 1. The number of halogens is 3. The van der Waals surface area contributed by atoms with Gasteiger partial charge in [0.25, 0.3) is 5.91 Å². The van der Waals surface area contributed by atoms with Crippen LogP contribution in [0.5, 0.6) is 0 Å². The second kappa shape index (κ2) is 7.46. The normalized spacial score (nSPS) is 10.4. The molecule has 0 saturated heterocycles. The number of aromatic nitrogens is 2. The zero-order chi connectivity index (χ0) is 17.8. The molecule has 0 radical (unpaired) electrons. The van der Waals surface area contributed by atoms with Gasteiger partial charge in [-0.15, -0.1) is 0 Å². The fourth-order valence-electron chi connectivity index (χ4n) is 2.09. The topological polar surface area (TPSA) is 66.9 Å². The maximum absolute atomic E-state index is 13.2. The van der Waals surface area contributed by atoms with Crippen LogP contribution in [-0.2, 0) is 0 Å². The summed E-state index contributed by atoms with van der Waals surface area (Å²) >= 11 is 11.9. The third-order valence-electron chi connectivity index (χ3n) is 3.12. The van der Waals surface area contributed by atoms with Crippen molar-refractivity contribution in [1.29, 1.82) is 0 Å². The van der Waals surface area contributed by atoms with Crippen LogP contribution >= 0.6 is 23.2 Å². The summed E-state index contributed by atoms with van der Waals surface area (Å²) in [5.41, 5.74) is 1.07. The maximum Gasteiger partial charge on any atom is 0.274 e. The Labute approximate surface area is 152 Å². The first-order valence-corrected chi connectivity index (χ1v) is 7.87. The van der Waals surface area contributed by atoms with Crippen molar-refractivity contribution in [2.24, 2.45) is 0 Å². The summed E-state index contributed by atoms with van der Waals surface area (Å²) in [5.74, 6) is -0.543. The smallest absolute Gasteiger partial charge is 0.274 e. The van der Waals surface area contributed by atoms with Crippen molar-refractivity contribution in [2.45, 2.75) is 0 Å². The van der Waals surface area contributed by atoms with E-state index in [4.69, 9.17) is 23.2 Å². The first-order valence-electron chi connectivity index (χ1n) is 7.12. The number of nitrogens with one attached hydrogen (secondary N) is 2. The maximum atomic E-state index is 13.2. The lowest BCUT2D eigenvalue weighted by Crippen LogP contribution is -2.14. The number of hydrogen-bond acceptors (Lipinski definition) is 4. The molecule has 3 rings (SSSR count). The molecule has 0 spiro atoms. The number of nitrogens with zero attached hydrogens (tertiary/aromatic N) is 2. The predicted octanol–water partition coefficient (Wildman–Crippen LogP) is 4.92. The van der Waals surface area contributed by atoms with Gasteiger partial charge in [0, 0.05) is 27.5 Å². The fraction of sp³-hybridized carbons (Fsp3) is 0. The lowest BCUT2D eigenvalue weighted by atomic mass is 10.3. The van der Waals surface area contributed by atoms with Crippen LogP contribution in [0.1, 0.15) is 10.5 Å². The van der Waals surface area contributed by atoms with Gasteiger partial charge in [-0.05, 0) is 36.4 Å². The molecule has 126 valence electrons. The summed E-state index contributed by atoms with van der Waals surface area (Å²) in [7, 11) is 0. The van der Waals surface area contributed by atoms with E-state index in [0.29, 0.717) is 27.2 Å². The molecule has 2 N–H and O–H groups in total. The summed E-state index contributed by atoms with van der Waals surface area (Å²) in [4.78, 5) is 20.2. The van der Waals surface area contributed by atoms with Crippen molar-refractivity contribution in [3.63, 3.8) is 0 Å². The lowest BCUT2D eigenvalue weighted by molar-refractivity contribution is 0.102. The Morgan fingerprint density at radius 3 is 2.44 bits per heavy atom. The molecule has 0 unspecified atom stereocenters. The van der Waals surface area contributed by atoms with Gasteiger partial charge in [-0.3, -0.25) is 4.79 Å². The van der Waals surface area contributed by atoms with E-state index in [2.05, 4.69) is 20.6 Å². The first kappa shape index (κ1) is 17.1. The summed E-state index contributed by atoms with van der Waals surface area (Å²) in [5, 5.41) is 6.49. The van der Waals surface area contributed by atoms with Crippen molar-refractivity contribution in [1.82, 2.24) is 9.97 Å². The highest BCUT2D eigenvalue weighted by molar-refractivity contribution is 6.35. The number of hydrogen-bond donors (Lipinski definition) is 2. The quantitative estimate of drug-likeness (QED) is 0.678. The minimum absolute atomic E-state index is 0.120. The summed E-state index contributed by atoms with van der Waals surface area (Å²) in [6, 6.07) is 12.0. The van der Waals surface area contributed by atoms with Crippen LogP contribution in [-0.4, -0.2) is 15.9 Å². The van der Waals surface area contributed by atoms with E-state index >= 15 is 0 Å². The van der Waals surface area contributed by atoms with Crippen LogP contribution in [0, 0.1) is 5.82 Å². The summed E-state index contributed by atoms with van der Waals surface area (Å²) in [6.45, 7) is 0. The molecule has 0 aliphatic rings. The molecule has 0 aliphatic carbocycles. The molecule has 0 aliphatic heterocycles. The highest BCUT2D eigenvalue weighted by Gasteiger charge is 2.10. The Morgan fingerprint density at radius 1 is 0.960 bits per heavy atom. The molecular formula is C17H11Cl2FN4O. The van der Waals surface area contributed by atoms with Crippen LogP contribution in [0.3, 0.4) is 0 Å². The molecule has 1 amide bonds. The standard InChI is InChI=1S/C17H11Cl2FN4O/c18-10-4-11(19)6-14(5-10)23-16-8-15(21-9-22-16)17(25)24-13-3-1-2-12(20)7-13/h1-9H,(H,24,25)(H,21,22,23). The van der Waals surface area contributed by atoms with Gasteiger partial charge in [0.2, 0.25) is 0 Å². The first-order chi connectivity index (χ1) is 12.0. The monoisotopic (exact) mass is 376 g/mol. The van der Waals surface area contributed by atoms with E-state index < -0.39 is 11.7 Å². The lowest BCUT2D eigenvalue weighted by Gasteiger charge is -2.08. The third kappa shape index (κ3) is 4.65. The molecule has 0 atom stereocenters. The van der Waals surface area contributed by atoms with Crippen molar-refractivity contribution >= 4 is 46.3 Å². The zero-order valence-electron chi connectivity index (χ0n) is 12.6. The van der Waals surface area contributed by atoms with Crippen molar-refractivity contribution in [3.8, 4) is 0 Å². The molecule has 0 bridgehead atoms. The second-order valence-electron chi connectivity index (χ2n) is 5.04. The van der Waals surface area contributed by atoms with Gasteiger partial charge >= 0.3 is 0 Å². The Bertz CT molecular complexity index is 916. The molecule has 0 saturated carbocycles. The molecular weight excluding hydrogens is 366 g/mol. The second-order valence-corrected chi connectivity index (χ2v) is 5.91. The van der Waals surface area contributed by atoms with Crippen molar-refractivity contribution in [3.05, 3.63) is 76.4 Å². The fourth-order valence-corrected chi connectivity index (χ4v) is 2.61. The Morgan fingerprint density at radius 2 is 1.72 bits per heavy atom. The van der Waals surface area contributed by atoms with E-state index in [1.54, 1.807) is 24.3 Å². The molecule has 1 heterocycles.